The minimum atomic E-state index is -0.233. The fourth-order valence-corrected chi connectivity index (χ4v) is 2.48. The number of rotatable bonds is 4. The van der Waals surface area contributed by atoms with Crippen LogP contribution in [-0.2, 0) is 0 Å². The van der Waals surface area contributed by atoms with Gasteiger partial charge in [-0.1, -0.05) is 30.3 Å². The molecule has 0 saturated carbocycles. The predicted molar refractivity (Wildman–Crippen MR) is 73.8 cm³/mol. The Morgan fingerprint density at radius 3 is 2.72 bits per heavy atom. The largest absolute Gasteiger partial charge is 0.394 e. The van der Waals surface area contributed by atoms with E-state index in [-0.39, 0.29) is 18.6 Å². The van der Waals surface area contributed by atoms with Gasteiger partial charge in [0.15, 0.2) is 0 Å². The molecule has 94 valence electrons. The number of aliphatic hydroxyl groups is 1. The Morgan fingerprint density at radius 2 is 2.06 bits per heavy atom. The third-order valence-corrected chi connectivity index (χ3v) is 3.52. The summed E-state index contributed by atoms with van der Waals surface area (Å²) in [5.74, 6) is -0.134. The van der Waals surface area contributed by atoms with E-state index in [0.717, 1.165) is 11.1 Å². The van der Waals surface area contributed by atoms with Crippen molar-refractivity contribution in [3.8, 4) is 11.1 Å². The Morgan fingerprint density at radius 1 is 1.33 bits per heavy atom. The topological polar surface area (TPSA) is 49.3 Å². The molecule has 18 heavy (non-hydrogen) atoms. The quantitative estimate of drug-likeness (QED) is 0.888. The molecular weight excluding hydrogens is 246 g/mol. The summed E-state index contributed by atoms with van der Waals surface area (Å²) in [6, 6.07) is 11.5. The van der Waals surface area contributed by atoms with Gasteiger partial charge in [-0.25, -0.2) is 0 Å². The standard InChI is InChI=1S/C14H15NO2S/c1-10(9-16)15-14(17)13-12(7-8-18-13)11-5-3-2-4-6-11/h2-8,10,16H,9H2,1H3,(H,15,17). The Bertz CT molecular complexity index is 522. The molecule has 4 heteroatoms. The summed E-state index contributed by atoms with van der Waals surface area (Å²) in [6.45, 7) is 1.71. The molecule has 0 spiro atoms. The molecule has 1 unspecified atom stereocenters. The van der Waals surface area contributed by atoms with E-state index in [4.69, 9.17) is 5.11 Å². The highest BCUT2D eigenvalue weighted by Crippen LogP contribution is 2.28. The molecule has 0 aliphatic heterocycles. The van der Waals surface area contributed by atoms with Crippen LogP contribution in [0.3, 0.4) is 0 Å². The lowest BCUT2D eigenvalue weighted by Crippen LogP contribution is -2.34. The van der Waals surface area contributed by atoms with E-state index in [1.807, 2.05) is 41.8 Å². The van der Waals surface area contributed by atoms with Crippen molar-refractivity contribution in [2.24, 2.45) is 0 Å². The fourth-order valence-electron chi connectivity index (χ4n) is 1.67. The van der Waals surface area contributed by atoms with Crippen LogP contribution in [0, 0.1) is 0 Å². The molecule has 1 atom stereocenters. The number of hydrogen-bond acceptors (Lipinski definition) is 3. The number of hydrogen-bond donors (Lipinski definition) is 2. The molecule has 0 saturated heterocycles. The minimum Gasteiger partial charge on any atom is -0.394 e. The van der Waals surface area contributed by atoms with Crippen LogP contribution in [0.2, 0.25) is 0 Å². The number of carbonyl (C=O) groups excluding carboxylic acids is 1. The van der Waals surface area contributed by atoms with E-state index in [2.05, 4.69) is 5.32 Å². The van der Waals surface area contributed by atoms with Gasteiger partial charge in [0.05, 0.1) is 11.5 Å². The van der Waals surface area contributed by atoms with Crippen LogP contribution in [0.15, 0.2) is 41.8 Å². The summed E-state index contributed by atoms with van der Waals surface area (Å²) in [5, 5.41) is 13.6. The number of thiophene rings is 1. The van der Waals surface area contributed by atoms with Gasteiger partial charge in [0.2, 0.25) is 0 Å². The maximum atomic E-state index is 12.1. The highest BCUT2D eigenvalue weighted by atomic mass is 32.1. The molecular formula is C14H15NO2S. The van der Waals surface area contributed by atoms with Gasteiger partial charge in [-0.3, -0.25) is 4.79 Å². The molecule has 1 amide bonds. The first kappa shape index (κ1) is 12.8. The summed E-state index contributed by atoms with van der Waals surface area (Å²) in [7, 11) is 0. The van der Waals surface area contributed by atoms with Crippen LogP contribution in [-0.4, -0.2) is 23.7 Å². The maximum Gasteiger partial charge on any atom is 0.262 e. The van der Waals surface area contributed by atoms with E-state index in [1.165, 1.54) is 11.3 Å². The Balaban J connectivity index is 2.26. The number of carbonyl (C=O) groups is 1. The van der Waals surface area contributed by atoms with Crippen molar-refractivity contribution in [2.75, 3.05) is 6.61 Å². The normalized spacial score (nSPS) is 12.1. The molecule has 0 aliphatic rings. The van der Waals surface area contributed by atoms with Gasteiger partial charge in [0, 0.05) is 11.6 Å². The second-order valence-corrected chi connectivity index (χ2v) is 5.00. The van der Waals surface area contributed by atoms with Gasteiger partial charge in [-0.2, -0.15) is 0 Å². The van der Waals surface area contributed by atoms with Gasteiger partial charge >= 0.3 is 0 Å². The molecule has 0 fully saturated rings. The zero-order valence-corrected chi connectivity index (χ0v) is 10.9. The Labute approximate surface area is 110 Å². The van der Waals surface area contributed by atoms with E-state index < -0.39 is 0 Å². The van der Waals surface area contributed by atoms with Gasteiger partial charge < -0.3 is 10.4 Å². The number of nitrogens with one attached hydrogen (secondary N) is 1. The smallest absolute Gasteiger partial charge is 0.262 e. The van der Waals surface area contributed by atoms with E-state index >= 15 is 0 Å². The molecule has 1 aromatic heterocycles. The van der Waals surface area contributed by atoms with Crippen molar-refractivity contribution >= 4 is 17.2 Å². The average Bonchev–Trinajstić information content (AvgIpc) is 2.88. The van der Waals surface area contributed by atoms with E-state index in [1.54, 1.807) is 6.92 Å². The molecule has 0 bridgehead atoms. The van der Waals surface area contributed by atoms with Crippen molar-refractivity contribution in [3.05, 3.63) is 46.7 Å². The molecule has 2 aromatic rings. The van der Waals surface area contributed by atoms with Gasteiger partial charge in [0.1, 0.15) is 0 Å². The Kier molecular flexibility index (Phi) is 4.12. The third-order valence-electron chi connectivity index (χ3n) is 2.61. The molecule has 3 nitrogen and oxygen atoms in total. The first-order valence-electron chi connectivity index (χ1n) is 5.77. The second kappa shape index (κ2) is 5.80. The minimum absolute atomic E-state index is 0.0578. The van der Waals surface area contributed by atoms with Crippen LogP contribution in [0.1, 0.15) is 16.6 Å². The number of aliphatic hydroxyl groups excluding tert-OH is 1. The van der Waals surface area contributed by atoms with Crippen molar-refractivity contribution in [2.45, 2.75) is 13.0 Å². The lowest BCUT2D eigenvalue weighted by Gasteiger charge is -2.11. The number of amides is 1. The van der Waals surface area contributed by atoms with Crippen molar-refractivity contribution < 1.29 is 9.90 Å². The van der Waals surface area contributed by atoms with Crippen molar-refractivity contribution in [1.29, 1.82) is 0 Å². The zero-order chi connectivity index (χ0) is 13.0. The summed E-state index contributed by atoms with van der Waals surface area (Å²) in [4.78, 5) is 12.7. The fraction of sp³-hybridized carbons (Fsp3) is 0.214. The molecule has 0 radical (unpaired) electrons. The lowest BCUT2D eigenvalue weighted by atomic mass is 10.1. The van der Waals surface area contributed by atoms with Crippen LogP contribution < -0.4 is 5.32 Å². The summed E-state index contributed by atoms with van der Waals surface area (Å²) in [5.41, 5.74) is 1.96. The molecule has 2 N–H and O–H groups in total. The molecule has 1 heterocycles. The monoisotopic (exact) mass is 261 g/mol. The average molecular weight is 261 g/mol. The number of benzene rings is 1. The highest BCUT2D eigenvalue weighted by molar-refractivity contribution is 7.12. The van der Waals surface area contributed by atoms with Crippen LogP contribution in [0.5, 0.6) is 0 Å². The van der Waals surface area contributed by atoms with E-state index in [9.17, 15) is 4.79 Å². The van der Waals surface area contributed by atoms with E-state index in [0.29, 0.717) is 4.88 Å². The van der Waals surface area contributed by atoms with Crippen LogP contribution >= 0.6 is 11.3 Å². The van der Waals surface area contributed by atoms with Crippen molar-refractivity contribution in [3.63, 3.8) is 0 Å². The van der Waals surface area contributed by atoms with Gasteiger partial charge in [-0.05, 0) is 23.9 Å². The lowest BCUT2D eigenvalue weighted by molar-refractivity contribution is 0.0927. The van der Waals surface area contributed by atoms with Gasteiger partial charge in [0.25, 0.3) is 5.91 Å². The first-order valence-corrected chi connectivity index (χ1v) is 6.65. The van der Waals surface area contributed by atoms with Crippen molar-refractivity contribution in [1.82, 2.24) is 5.32 Å². The van der Waals surface area contributed by atoms with Crippen LogP contribution in [0.25, 0.3) is 11.1 Å². The summed E-state index contributed by atoms with van der Waals surface area (Å²) < 4.78 is 0. The van der Waals surface area contributed by atoms with Crippen LogP contribution in [0.4, 0.5) is 0 Å². The third kappa shape index (κ3) is 2.78. The maximum absolute atomic E-state index is 12.1. The predicted octanol–water partition coefficient (Wildman–Crippen LogP) is 2.53. The SMILES string of the molecule is CC(CO)NC(=O)c1sccc1-c1ccccc1. The second-order valence-electron chi connectivity index (χ2n) is 4.09. The first-order chi connectivity index (χ1) is 8.72. The Hall–Kier alpha value is -1.65. The highest BCUT2D eigenvalue weighted by Gasteiger charge is 2.15. The molecule has 2 rings (SSSR count). The summed E-state index contributed by atoms with van der Waals surface area (Å²) in [6.07, 6.45) is 0. The molecule has 1 aromatic carbocycles. The zero-order valence-electron chi connectivity index (χ0n) is 10.1. The molecule has 0 aliphatic carbocycles. The van der Waals surface area contributed by atoms with Gasteiger partial charge in [-0.15, -0.1) is 11.3 Å². The summed E-state index contributed by atoms with van der Waals surface area (Å²) >= 11 is 1.41.